The number of hydrogen-bond donors (Lipinski definition) is 0. The number of carbonyl (C=O) groups excluding carboxylic acids is 1. The molecule has 0 aromatic carbocycles. The molecule has 152 valence electrons. The molecular weight excluding hydrogens is 331 g/mol. The van der Waals surface area contributed by atoms with Crippen LogP contribution in [-0.4, -0.2) is 66.8 Å². The van der Waals surface area contributed by atoms with Crippen molar-refractivity contribution in [2.45, 2.75) is 85.6 Å². The minimum atomic E-state index is -0.905. The molecule has 26 heavy (non-hydrogen) atoms. The second-order valence-corrected chi connectivity index (χ2v) is 10.3. The number of amides is 1. The van der Waals surface area contributed by atoms with Crippen LogP contribution in [0.1, 0.15) is 67.2 Å². The number of piperidine rings is 2. The van der Waals surface area contributed by atoms with Gasteiger partial charge in [-0.25, -0.2) is 4.39 Å². The molecule has 5 heteroatoms. The Hall–Kier alpha value is -0.680. The summed E-state index contributed by atoms with van der Waals surface area (Å²) in [5.41, 5.74) is -0.0464. The monoisotopic (exact) mass is 370 g/mol. The van der Waals surface area contributed by atoms with Gasteiger partial charge in [-0.15, -0.1) is 0 Å². The molecule has 4 nitrogen and oxygen atoms in total. The van der Waals surface area contributed by atoms with E-state index in [-0.39, 0.29) is 28.9 Å². The van der Waals surface area contributed by atoms with E-state index < -0.39 is 6.17 Å². The molecule has 0 saturated carbocycles. The average molecular weight is 371 g/mol. The molecule has 2 unspecified atom stereocenters. The van der Waals surface area contributed by atoms with E-state index in [0.717, 1.165) is 51.9 Å². The number of carbonyl (C=O) groups is 1. The van der Waals surface area contributed by atoms with Crippen LogP contribution in [0.25, 0.3) is 0 Å². The van der Waals surface area contributed by atoms with Crippen LogP contribution < -0.4 is 0 Å². The molecule has 0 bridgehead atoms. The maximum absolute atomic E-state index is 14.6. The predicted octanol–water partition coefficient (Wildman–Crippen LogP) is 3.89. The standard InChI is InChI=1S/C21H39FN2O2/c1-20(2,3)10-14-23-11-9-18(17(22)15-23)26-16-7-12-24(13-8-16)19(25)21(4,5)6/h16-18H,7-15H2,1-6H3. The summed E-state index contributed by atoms with van der Waals surface area (Å²) in [7, 11) is 0. The molecule has 2 fully saturated rings. The van der Waals surface area contributed by atoms with Gasteiger partial charge in [0.2, 0.25) is 5.91 Å². The minimum absolute atomic E-state index is 0.0865. The zero-order valence-electron chi connectivity index (χ0n) is 17.7. The van der Waals surface area contributed by atoms with Crippen molar-refractivity contribution in [3.8, 4) is 0 Å². The molecule has 2 heterocycles. The highest BCUT2D eigenvalue weighted by atomic mass is 19.1. The van der Waals surface area contributed by atoms with Crippen molar-refractivity contribution >= 4 is 5.91 Å². The van der Waals surface area contributed by atoms with E-state index in [1.165, 1.54) is 0 Å². The van der Waals surface area contributed by atoms with Crippen molar-refractivity contribution < 1.29 is 13.9 Å². The van der Waals surface area contributed by atoms with Gasteiger partial charge >= 0.3 is 0 Å². The second kappa shape index (κ2) is 8.55. The van der Waals surface area contributed by atoms with Gasteiger partial charge in [0.25, 0.3) is 0 Å². The van der Waals surface area contributed by atoms with Crippen LogP contribution in [0.5, 0.6) is 0 Å². The lowest BCUT2D eigenvalue weighted by atomic mass is 9.91. The molecule has 2 aliphatic rings. The first-order valence-corrected chi connectivity index (χ1v) is 10.3. The summed E-state index contributed by atoms with van der Waals surface area (Å²) in [5.74, 6) is 0.200. The fourth-order valence-corrected chi connectivity index (χ4v) is 3.71. The van der Waals surface area contributed by atoms with Crippen LogP contribution in [0.4, 0.5) is 4.39 Å². The van der Waals surface area contributed by atoms with E-state index in [9.17, 15) is 9.18 Å². The number of ether oxygens (including phenoxy) is 1. The molecule has 0 N–H and O–H groups in total. The third-order valence-corrected chi connectivity index (χ3v) is 5.48. The highest BCUT2D eigenvalue weighted by Crippen LogP contribution is 2.26. The Morgan fingerprint density at radius 1 is 1.04 bits per heavy atom. The summed E-state index contributed by atoms with van der Waals surface area (Å²) in [4.78, 5) is 16.5. The van der Waals surface area contributed by atoms with Gasteiger partial charge in [-0.1, -0.05) is 41.5 Å². The average Bonchev–Trinajstić information content (AvgIpc) is 2.53. The van der Waals surface area contributed by atoms with Crippen molar-refractivity contribution in [3.63, 3.8) is 0 Å². The van der Waals surface area contributed by atoms with E-state index in [1.807, 2.05) is 25.7 Å². The number of alkyl halides is 1. The fourth-order valence-electron chi connectivity index (χ4n) is 3.71. The van der Waals surface area contributed by atoms with Crippen LogP contribution in [0, 0.1) is 10.8 Å². The number of hydrogen-bond acceptors (Lipinski definition) is 3. The Labute approximate surface area is 159 Å². The van der Waals surface area contributed by atoms with E-state index in [2.05, 4.69) is 25.7 Å². The maximum Gasteiger partial charge on any atom is 0.227 e. The van der Waals surface area contributed by atoms with Crippen LogP contribution in [0.2, 0.25) is 0 Å². The summed E-state index contributed by atoms with van der Waals surface area (Å²) in [6.07, 6.45) is 2.40. The maximum atomic E-state index is 14.6. The topological polar surface area (TPSA) is 32.8 Å². The molecule has 0 radical (unpaired) electrons. The van der Waals surface area contributed by atoms with E-state index in [4.69, 9.17) is 4.74 Å². The van der Waals surface area contributed by atoms with Crippen molar-refractivity contribution in [2.24, 2.45) is 10.8 Å². The summed E-state index contributed by atoms with van der Waals surface area (Å²) < 4.78 is 20.7. The Bertz CT molecular complexity index is 462. The fraction of sp³-hybridized carbons (Fsp3) is 0.952. The van der Waals surface area contributed by atoms with E-state index in [1.54, 1.807) is 0 Å². The molecule has 0 spiro atoms. The Kier molecular flexibility index (Phi) is 7.11. The quantitative estimate of drug-likeness (QED) is 0.753. The summed E-state index contributed by atoms with van der Waals surface area (Å²) in [5, 5.41) is 0. The molecule has 2 rings (SSSR count). The Morgan fingerprint density at radius 2 is 1.65 bits per heavy atom. The molecule has 1 amide bonds. The zero-order valence-corrected chi connectivity index (χ0v) is 17.7. The summed E-state index contributed by atoms with van der Waals surface area (Å²) in [6, 6.07) is 0. The molecule has 0 aromatic heterocycles. The lowest BCUT2D eigenvalue weighted by Gasteiger charge is -2.40. The molecular formula is C21H39FN2O2. The van der Waals surface area contributed by atoms with Crippen LogP contribution in [-0.2, 0) is 9.53 Å². The third kappa shape index (κ3) is 6.49. The lowest BCUT2D eigenvalue weighted by molar-refractivity contribution is -0.144. The molecule has 2 aliphatic heterocycles. The molecule has 0 aromatic rings. The largest absolute Gasteiger partial charge is 0.372 e. The van der Waals surface area contributed by atoms with Gasteiger partial charge < -0.3 is 14.5 Å². The summed E-state index contributed by atoms with van der Waals surface area (Å²) in [6.45, 7) is 16.4. The van der Waals surface area contributed by atoms with Gasteiger partial charge in [0.15, 0.2) is 0 Å². The van der Waals surface area contributed by atoms with E-state index >= 15 is 0 Å². The third-order valence-electron chi connectivity index (χ3n) is 5.48. The van der Waals surface area contributed by atoms with Gasteiger partial charge in [0.05, 0.1) is 12.2 Å². The van der Waals surface area contributed by atoms with Gasteiger partial charge in [-0.05, 0) is 37.6 Å². The number of halogens is 1. The van der Waals surface area contributed by atoms with Crippen LogP contribution in [0.15, 0.2) is 0 Å². The molecule has 0 aliphatic carbocycles. The number of nitrogens with zero attached hydrogens (tertiary/aromatic N) is 2. The van der Waals surface area contributed by atoms with Crippen LogP contribution >= 0.6 is 0 Å². The highest BCUT2D eigenvalue weighted by molar-refractivity contribution is 5.81. The SMILES string of the molecule is CC(C)(C)CCN1CCC(OC2CCN(C(=O)C(C)(C)C)CC2)C(F)C1. The van der Waals surface area contributed by atoms with Gasteiger partial charge in [0, 0.05) is 31.6 Å². The lowest BCUT2D eigenvalue weighted by Crippen LogP contribution is -2.50. The summed E-state index contributed by atoms with van der Waals surface area (Å²) >= 11 is 0. The van der Waals surface area contributed by atoms with Crippen molar-refractivity contribution in [2.75, 3.05) is 32.7 Å². The highest BCUT2D eigenvalue weighted by Gasteiger charge is 2.35. The first kappa shape index (κ1) is 21.6. The Balaban J connectivity index is 1.73. The first-order chi connectivity index (χ1) is 12.0. The predicted molar refractivity (Wildman–Crippen MR) is 104 cm³/mol. The van der Waals surface area contributed by atoms with Crippen LogP contribution in [0.3, 0.4) is 0 Å². The van der Waals surface area contributed by atoms with Crippen molar-refractivity contribution in [1.82, 2.24) is 9.80 Å². The number of rotatable bonds is 4. The zero-order chi connectivity index (χ0) is 19.5. The molecule has 2 saturated heterocycles. The smallest absolute Gasteiger partial charge is 0.227 e. The Morgan fingerprint density at radius 3 is 2.15 bits per heavy atom. The van der Waals surface area contributed by atoms with Crippen molar-refractivity contribution in [1.29, 1.82) is 0 Å². The molecule has 2 atom stereocenters. The minimum Gasteiger partial charge on any atom is -0.372 e. The van der Waals surface area contributed by atoms with Gasteiger partial charge in [-0.2, -0.15) is 0 Å². The van der Waals surface area contributed by atoms with Crippen molar-refractivity contribution in [3.05, 3.63) is 0 Å². The number of likely N-dealkylation sites (tertiary alicyclic amines) is 2. The van der Waals surface area contributed by atoms with E-state index in [0.29, 0.717) is 6.54 Å². The van der Waals surface area contributed by atoms with Gasteiger partial charge in [0.1, 0.15) is 6.17 Å². The second-order valence-electron chi connectivity index (χ2n) is 10.3. The normalized spacial score (nSPS) is 27.0. The van der Waals surface area contributed by atoms with Gasteiger partial charge in [-0.3, -0.25) is 4.79 Å². The first-order valence-electron chi connectivity index (χ1n) is 10.3.